The molecule has 0 aliphatic heterocycles. The lowest BCUT2D eigenvalue weighted by Gasteiger charge is -2.21. The van der Waals surface area contributed by atoms with Gasteiger partial charge < -0.3 is 14.8 Å². The zero-order chi connectivity index (χ0) is 12.3. The van der Waals surface area contributed by atoms with Gasteiger partial charge in [-0.25, -0.2) is 4.79 Å². The highest BCUT2D eigenvalue weighted by Crippen LogP contribution is 2.18. The zero-order valence-electron chi connectivity index (χ0n) is 10.2. The van der Waals surface area contributed by atoms with Gasteiger partial charge in [0.25, 0.3) is 0 Å². The molecule has 0 bridgehead atoms. The lowest BCUT2D eigenvalue weighted by Crippen LogP contribution is -2.29. The molecule has 0 saturated carbocycles. The Morgan fingerprint density at radius 3 is 2.56 bits per heavy atom. The summed E-state index contributed by atoms with van der Waals surface area (Å²) in [6, 6.07) is 3.20. The predicted molar refractivity (Wildman–Crippen MR) is 61.5 cm³/mol. The summed E-state index contributed by atoms with van der Waals surface area (Å²) < 4.78 is 5.21. The highest BCUT2D eigenvalue weighted by molar-refractivity contribution is 5.84. The number of carboxylic acid groups (broad SMARTS) is 1. The number of hydrogen-bond donors (Lipinski definition) is 2. The molecule has 90 valence electrons. The number of carboxylic acids is 1. The molecule has 1 heterocycles. The van der Waals surface area contributed by atoms with Gasteiger partial charge in [0, 0.05) is 6.54 Å². The van der Waals surface area contributed by atoms with Crippen LogP contribution in [0.5, 0.6) is 0 Å². The number of hydrogen-bond acceptors (Lipinski definition) is 3. The molecule has 1 aromatic heterocycles. The molecule has 0 aliphatic carbocycles. The molecular weight excluding hydrogens is 206 g/mol. The highest BCUT2D eigenvalue weighted by Gasteiger charge is 2.16. The summed E-state index contributed by atoms with van der Waals surface area (Å²) >= 11 is 0. The minimum Gasteiger partial charge on any atom is -0.475 e. The zero-order valence-corrected chi connectivity index (χ0v) is 10.2. The van der Waals surface area contributed by atoms with E-state index in [2.05, 4.69) is 26.1 Å². The summed E-state index contributed by atoms with van der Waals surface area (Å²) in [5.74, 6) is -0.393. The average molecular weight is 225 g/mol. The van der Waals surface area contributed by atoms with Crippen molar-refractivity contribution in [1.29, 1.82) is 0 Å². The minimum atomic E-state index is -1.03. The molecule has 4 heteroatoms. The molecule has 0 amide bonds. The first-order chi connectivity index (χ1) is 7.29. The van der Waals surface area contributed by atoms with Crippen molar-refractivity contribution in [1.82, 2.24) is 5.32 Å². The summed E-state index contributed by atoms with van der Waals surface area (Å²) in [5, 5.41) is 12.0. The molecule has 0 fully saturated rings. The maximum Gasteiger partial charge on any atom is 0.371 e. The van der Waals surface area contributed by atoms with E-state index in [0.717, 1.165) is 6.54 Å². The maximum atomic E-state index is 10.6. The van der Waals surface area contributed by atoms with Gasteiger partial charge in [-0.15, -0.1) is 0 Å². The van der Waals surface area contributed by atoms with Gasteiger partial charge in [-0.3, -0.25) is 0 Å². The van der Waals surface area contributed by atoms with Crippen LogP contribution in [0.3, 0.4) is 0 Å². The van der Waals surface area contributed by atoms with Gasteiger partial charge in [0.15, 0.2) is 0 Å². The average Bonchev–Trinajstić information content (AvgIpc) is 2.61. The molecule has 2 N–H and O–H groups in total. The molecule has 0 radical (unpaired) electrons. The fourth-order valence-electron chi connectivity index (χ4n) is 1.26. The molecule has 1 unspecified atom stereocenters. The quantitative estimate of drug-likeness (QED) is 0.827. The number of nitrogens with one attached hydrogen (secondary N) is 1. The monoisotopic (exact) mass is 225 g/mol. The van der Waals surface area contributed by atoms with Crippen LogP contribution >= 0.6 is 0 Å². The van der Waals surface area contributed by atoms with Crippen LogP contribution in [0.25, 0.3) is 0 Å². The van der Waals surface area contributed by atoms with E-state index in [1.54, 1.807) is 6.07 Å². The molecule has 1 aromatic rings. The van der Waals surface area contributed by atoms with E-state index in [0.29, 0.717) is 5.76 Å². The largest absolute Gasteiger partial charge is 0.475 e. The van der Waals surface area contributed by atoms with Crippen LogP contribution in [0.15, 0.2) is 16.5 Å². The lowest BCUT2D eigenvalue weighted by molar-refractivity contribution is 0.0659. The van der Waals surface area contributed by atoms with E-state index < -0.39 is 5.97 Å². The Morgan fingerprint density at radius 1 is 1.50 bits per heavy atom. The Labute approximate surface area is 95.7 Å². The first-order valence-electron chi connectivity index (χ1n) is 5.36. The van der Waals surface area contributed by atoms with Gasteiger partial charge in [-0.2, -0.15) is 0 Å². The van der Waals surface area contributed by atoms with E-state index in [4.69, 9.17) is 9.52 Å². The molecule has 0 saturated heterocycles. The van der Waals surface area contributed by atoms with Crippen molar-refractivity contribution in [2.75, 3.05) is 6.54 Å². The normalized spacial score (nSPS) is 13.8. The molecule has 0 spiro atoms. The second-order valence-corrected chi connectivity index (χ2v) is 5.17. The second-order valence-electron chi connectivity index (χ2n) is 5.17. The standard InChI is InChI=1S/C12H19NO3/c1-8(13-7-12(2,3)4)9-5-6-10(16-9)11(14)15/h5-6,8,13H,7H2,1-4H3,(H,14,15). The molecule has 1 rings (SSSR count). The van der Waals surface area contributed by atoms with Gasteiger partial charge in [-0.05, 0) is 24.5 Å². The molecule has 0 aliphatic rings. The van der Waals surface area contributed by atoms with Crippen LogP contribution in [0.4, 0.5) is 0 Å². The molecule has 16 heavy (non-hydrogen) atoms. The fourth-order valence-corrected chi connectivity index (χ4v) is 1.26. The van der Waals surface area contributed by atoms with Crippen molar-refractivity contribution >= 4 is 5.97 Å². The Hall–Kier alpha value is -1.29. The molecule has 4 nitrogen and oxygen atoms in total. The van der Waals surface area contributed by atoms with E-state index in [1.807, 2.05) is 6.92 Å². The van der Waals surface area contributed by atoms with Crippen molar-refractivity contribution in [3.63, 3.8) is 0 Å². The van der Waals surface area contributed by atoms with Crippen LogP contribution in [0.2, 0.25) is 0 Å². The van der Waals surface area contributed by atoms with Crippen molar-refractivity contribution in [2.24, 2.45) is 5.41 Å². The fraction of sp³-hybridized carbons (Fsp3) is 0.583. The van der Waals surface area contributed by atoms with Crippen LogP contribution in [0.1, 0.15) is 50.1 Å². The lowest BCUT2D eigenvalue weighted by atomic mass is 9.96. The summed E-state index contributed by atoms with van der Waals surface area (Å²) in [5.41, 5.74) is 0.191. The minimum absolute atomic E-state index is 0.0144. The maximum absolute atomic E-state index is 10.6. The van der Waals surface area contributed by atoms with Gasteiger partial charge in [0.1, 0.15) is 5.76 Å². The van der Waals surface area contributed by atoms with Crippen LogP contribution in [-0.4, -0.2) is 17.6 Å². The van der Waals surface area contributed by atoms with E-state index in [1.165, 1.54) is 6.07 Å². The van der Waals surface area contributed by atoms with Gasteiger partial charge in [0.05, 0.1) is 6.04 Å². The summed E-state index contributed by atoms with van der Waals surface area (Å²) in [6.45, 7) is 9.21. The first kappa shape index (κ1) is 12.8. The number of furan rings is 1. The number of aromatic carboxylic acids is 1. The Bertz CT molecular complexity index is 363. The van der Waals surface area contributed by atoms with Crippen molar-refractivity contribution in [2.45, 2.75) is 33.7 Å². The summed E-state index contributed by atoms with van der Waals surface area (Å²) in [4.78, 5) is 10.6. The third kappa shape index (κ3) is 3.70. The van der Waals surface area contributed by atoms with Crippen molar-refractivity contribution in [3.8, 4) is 0 Å². The predicted octanol–water partition coefficient (Wildman–Crippen LogP) is 2.67. The van der Waals surface area contributed by atoms with Gasteiger partial charge >= 0.3 is 5.97 Å². The topological polar surface area (TPSA) is 62.5 Å². The molecule has 1 atom stereocenters. The Kier molecular flexibility index (Phi) is 3.75. The van der Waals surface area contributed by atoms with E-state index in [-0.39, 0.29) is 17.2 Å². The number of rotatable bonds is 4. The summed E-state index contributed by atoms with van der Waals surface area (Å²) in [7, 11) is 0. The third-order valence-corrected chi connectivity index (χ3v) is 2.20. The SMILES string of the molecule is CC(NCC(C)(C)C)c1ccc(C(=O)O)o1. The smallest absolute Gasteiger partial charge is 0.371 e. The highest BCUT2D eigenvalue weighted by atomic mass is 16.4. The third-order valence-electron chi connectivity index (χ3n) is 2.20. The Balaban J connectivity index is 2.59. The van der Waals surface area contributed by atoms with Crippen LogP contribution in [0, 0.1) is 5.41 Å². The Morgan fingerprint density at radius 2 is 2.12 bits per heavy atom. The van der Waals surface area contributed by atoms with Crippen molar-refractivity contribution in [3.05, 3.63) is 23.7 Å². The van der Waals surface area contributed by atoms with Gasteiger partial charge in [-0.1, -0.05) is 20.8 Å². The van der Waals surface area contributed by atoms with Crippen LogP contribution in [-0.2, 0) is 0 Å². The second kappa shape index (κ2) is 4.70. The summed E-state index contributed by atoms with van der Waals surface area (Å²) in [6.07, 6.45) is 0. The molecular formula is C12H19NO3. The van der Waals surface area contributed by atoms with Crippen LogP contribution < -0.4 is 5.32 Å². The van der Waals surface area contributed by atoms with Crippen molar-refractivity contribution < 1.29 is 14.3 Å². The van der Waals surface area contributed by atoms with E-state index in [9.17, 15) is 4.79 Å². The van der Waals surface area contributed by atoms with Gasteiger partial charge in [0.2, 0.25) is 5.76 Å². The molecule has 0 aromatic carbocycles. The van der Waals surface area contributed by atoms with E-state index >= 15 is 0 Å². The number of carbonyl (C=O) groups is 1. The first-order valence-corrected chi connectivity index (χ1v) is 5.36.